The quantitative estimate of drug-likeness (QED) is 0.457. The van der Waals surface area contributed by atoms with E-state index < -0.39 is 23.4 Å². The minimum absolute atomic E-state index is 0.123. The molecule has 10 heteroatoms. The first-order valence-corrected chi connectivity index (χ1v) is 10.9. The van der Waals surface area contributed by atoms with Crippen LogP contribution in [-0.4, -0.2) is 33.3 Å². The Balaban J connectivity index is 1.42. The molecule has 3 aromatic rings. The highest BCUT2D eigenvalue weighted by atomic mass is 19.4. The molecule has 0 bridgehead atoms. The van der Waals surface area contributed by atoms with Gasteiger partial charge in [0.25, 0.3) is 0 Å². The van der Waals surface area contributed by atoms with Crippen LogP contribution in [0.3, 0.4) is 0 Å². The monoisotopic (exact) mass is 481 g/mol. The van der Waals surface area contributed by atoms with Gasteiger partial charge in [0.05, 0.1) is 35.4 Å². The molecule has 2 aromatic carbocycles. The molecule has 1 aliphatic rings. The van der Waals surface area contributed by atoms with Gasteiger partial charge in [-0.15, -0.1) is 0 Å². The van der Waals surface area contributed by atoms with Crippen molar-refractivity contribution in [3.05, 3.63) is 84.0 Å². The first kappa shape index (κ1) is 23.9. The van der Waals surface area contributed by atoms with E-state index in [0.717, 1.165) is 17.3 Å². The van der Waals surface area contributed by atoms with E-state index in [4.69, 9.17) is 5.26 Å². The minimum Gasteiger partial charge on any atom is -0.465 e. The number of aromatic nitrogens is 2. The minimum atomic E-state index is -4.61. The van der Waals surface area contributed by atoms with Gasteiger partial charge in [-0.3, -0.25) is 4.90 Å². The molecule has 7 nitrogen and oxygen atoms in total. The van der Waals surface area contributed by atoms with E-state index in [9.17, 15) is 23.1 Å². The number of nitrogens with zero attached hydrogens (tertiary/aromatic N) is 4. The van der Waals surface area contributed by atoms with E-state index in [-0.39, 0.29) is 12.6 Å². The molecule has 4 rings (SSSR count). The van der Waals surface area contributed by atoms with Gasteiger partial charge in [0, 0.05) is 30.5 Å². The van der Waals surface area contributed by atoms with Crippen LogP contribution in [0.15, 0.2) is 67.1 Å². The Kier molecular flexibility index (Phi) is 6.78. The summed E-state index contributed by atoms with van der Waals surface area (Å²) < 4.78 is 41.7. The summed E-state index contributed by atoms with van der Waals surface area (Å²) in [4.78, 5) is 17.2. The molecule has 0 radical (unpaired) electrons. The summed E-state index contributed by atoms with van der Waals surface area (Å²) >= 11 is 0. The number of nitriles is 1. The van der Waals surface area contributed by atoms with Gasteiger partial charge in [0.15, 0.2) is 0 Å². The molecule has 35 heavy (non-hydrogen) atoms. The lowest BCUT2D eigenvalue weighted by Crippen LogP contribution is -2.32. The summed E-state index contributed by atoms with van der Waals surface area (Å²) in [6, 6.07) is 13.9. The van der Waals surface area contributed by atoms with Crippen molar-refractivity contribution in [3.8, 4) is 6.07 Å². The number of nitrogens with one attached hydrogen (secondary N) is 1. The number of carbonyl (C=O) groups is 1. The zero-order valence-electron chi connectivity index (χ0n) is 18.5. The number of carboxylic acid groups (broad SMARTS) is 1. The van der Waals surface area contributed by atoms with Gasteiger partial charge in [-0.2, -0.15) is 18.4 Å². The van der Waals surface area contributed by atoms with Crippen molar-refractivity contribution in [2.75, 3.05) is 16.8 Å². The topological polar surface area (TPSA) is 94.2 Å². The maximum absolute atomic E-state index is 13.3. The van der Waals surface area contributed by atoms with Gasteiger partial charge >= 0.3 is 12.3 Å². The van der Waals surface area contributed by atoms with Crippen molar-refractivity contribution in [1.82, 2.24) is 9.55 Å². The van der Waals surface area contributed by atoms with Crippen molar-refractivity contribution < 1.29 is 23.1 Å². The number of amides is 1. The highest BCUT2D eigenvalue weighted by Crippen LogP contribution is 2.35. The molecule has 1 atom stereocenters. The van der Waals surface area contributed by atoms with Crippen molar-refractivity contribution >= 4 is 23.0 Å². The molecular formula is C25H22F3N5O2. The van der Waals surface area contributed by atoms with Crippen molar-refractivity contribution in [2.45, 2.75) is 31.6 Å². The van der Waals surface area contributed by atoms with Crippen LogP contribution in [0.2, 0.25) is 0 Å². The normalized spacial score (nSPS) is 15.4. The largest absolute Gasteiger partial charge is 0.465 e. The molecular weight excluding hydrogens is 459 g/mol. The van der Waals surface area contributed by atoms with Crippen molar-refractivity contribution in [2.24, 2.45) is 0 Å². The first-order valence-electron chi connectivity index (χ1n) is 10.9. The number of alkyl halides is 3. The molecule has 1 aromatic heterocycles. The van der Waals surface area contributed by atoms with Gasteiger partial charge in [-0.05, 0) is 48.7 Å². The fourth-order valence-electron chi connectivity index (χ4n) is 4.15. The maximum atomic E-state index is 13.3. The highest BCUT2D eigenvalue weighted by molar-refractivity contribution is 5.85. The number of hydrogen-bond acceptors (Lipinski definition) is 4. The standard InChI is InChI=1S/C25H22F3N5O2/c26-25(27,28)22-13-20(9-7-18(22)14-29)31-19-8-6-17(12-19)23-15-30-16-32(23)10-11-33(24(34)35)21-4-2-1-3-5-21/h1-7,9,13,15-16,19,31H,8,10-12H2,(H,34,35). The average Bonchev–Trinajstić information content (AvgIpc) is 3.48. The summed E-state index contributed by atoms with van der Waals surface area (Å²) in [7, 11) is 0. The van der Waals surface area contributed by atoms with E-state index in [1.807, 2.05) is 16.7 Å². The van der Waals surface area contributed by atoms with Crippen LogP contribution in [0, 0.1) is 11.3 Å². The Hall–Kier alpha value is -4.26. The number of rotatable bonds is 7. The maximum Gasteiger partial charge on any atom is 0.417 e. The lowest BCUT2D eigenvalue weighted by molar-refractivity contribution is -0.137. The van der Waals surface area contributed by atoms with E-state index in [1.165, 1.54) is 17.0 Å². The Morgan fingerprint density at radius 2 is 2.03 bits per heavy atom. The Bertz CT molecular complexity index is 1280. The van der Waals surface area contributed by atoms with Crippen LogP contribution in [0.4, 0.5) is 29.3 Å². The van der Waals surface area contributed by atoms with Crippen molar-refractivity contribution in [3.63, 3.8) is 0 Å². The third kappa shape index (κ3) is 5.46. The van der Waals surface area contributed by atoms with Gasteiger partial charge in [-0.1, -0.05) is 24.3 Å². The summed E-state index contributed by atoms with van der Waals surface area (Å²) in [5, 5.41) is 21.7. The van der Waals surface area contributed by atoms with Gasteiger partial charge < -0.3 is 15.0 Å². The van der Waals surface area contributed by atoms with Gasteiger partial charge in [0.1, 0.15) is 0 Å². The second kappa shape index (κ2) is 9.93. The molecule has 1 amide bonds. The highest BCUT2D eigenvalue weighted by Gasteiger charge is 2.34. The zero-order chi connectivity index (χ0) is 25.0. The van der Waals surface area contributed by atoms with E-state index in [0.29, 0.717) is 30.8 Å². The number of hydrogen-bond donors (Lipinski definition) is 2. The van der Waals surface area contributed by atoms with Gasteiger partial charge in [-0.25, -0.2) is 9.78 Å². The second-order valence-electron chi connectivity index (χ2n) is 8.12. The molecule has 0 saturated heterocycles. The predicted molar refractivity (Wildman–Crippen MR) is 125 cm³/mol. The molecule has 0 spiro atoms. The SMILES string of the molecule is N#Cc1ccc(NC2CC=C(c3cncn3CCN(C(=O)O)c3ccccc3)C2)cc1C(F)(F)F. The number of anilines is 2. The molecule has 0 saturated carbocycles. The van der Waals surface area contributed by atoms with E-state index >= 15 is 0 Å². The van der Waals surface area contributed by atoms with Gasteiger partial charge in [0.2, 0.25) is 0 Å². The predicted octanol–water partition coefficient (Wildman–Crippen LogP) is 5.62. The lowest BCUT2D eigenvalue weighted by atomic mass is 10.1. The third-order valence-corrected chi connectivity index (χ3v) is 5.84. The summed E-state index contributed by atoms with van der Waals surface area (Å²) in [6.07, 6.45) is 0.844. The zero-order valence-corrected chi connectivity index (χ0v) is 18.5. The first-order chi connectivity index (χ1) is 16.8. The fraction of sp³-hybridized carbons (Fsp3) is 0.240. The number of benzene rings is 2. The Labute approximate surface area is 199 Å². The lowest BCUT2D eigenvalue weighted by Gasteiger charge is -2.20. The molecule has 0 fully saturated rings. The second-order valence-corrected chi connectivity index (χ2v) is 8.12. The molecule has 1 unspecified atom stereocenters. The number of halogens is 3. The van der Waals surface area contributed by atoms with Crippen LogP contribution in [-0.2, 0) is 12.7 Å². The van der Waals surface area contributed by atoms with E-state index in [2.05, 4.69) is 10.3 Å². The van der Waals surface area contributed by atoms with Crippen LogP contribution in [0.1, 0.15) is 29.7 Å². The average molecular weight is 481 g/mol. The third-order valence-electron chi connectivity index (χ3n) is 5.84. The van der Waals surface area contributed by atoms with Crippen LogP contribution < -0.4 is 10.2 Å². The van der Waals surface area contributed by atoms with Crippen molar-refractivity contribution in [1.29, 1.82) is 5.26 Å². The molecule has 180 valence electrons. The smallest absolute Gasteiger partial charge is 0.417 e. The van der Waals surface area contributed by atoms with Crippen LogP contribution in [0.25, 0.3) is 5.57 Å². The molecule has 1 aliphatic carbocycles. The molecule has 2 N–H and O–H groups in total. The Morgan fingerprint density at radius 1 is 1.26 bits per heavy atom. The number of imidazole rings is 1. The van der Waals surface area contributed by atoms with Crippen LogP contribution in [0.5, 0.6) is 0 Å². The summed E-state index contributed by atoms with van der Waals surface area (Å²) in [5.74, 6) is 0. The molecule has 1 heterocycles. The summed E-state index contributed by atoms with van der Waals surface area (Å²) in [6.45, 7) is 0.611. The van der Waals surface area contributed by atoms with Crippen LogP contribution >= 0.6 is 0 Å². The van der Waals surface area contributed by atoms with E-state index in [1.54, 1.807) is 42.9 Å². The molecule has 0 aliphatic heterocycles. The fourth-order valence-corrected chi connectivity index (χ4v) is 4.15. The summed E-state index contributed by atoms with van der Waals surface area (Å²) in [5.41, 5.74) is 1.31. The Morgan fingerprint density at radius 3 is 2.71 bits per heavy atom. The number of para-hydroxylation sites is 1.